The Morgan fingerprint density at radius 1 is 1.00 bits per heavy atom. The van der Waals surface area contributed by atoms with Gasteiger partial charge in [0.25, 0.3) is 0 Å². The smallest absolute Gasteiger partial charge is 0.0591 e. The Kier molecular flexibility index (Phi) is 2.44. The van der Waals surface area contributed by atoms with E-state index < -0.39 is 0 Å². The molecular formula is C14H15N3. The van der Waals surface area contributed by atoms with Crippen molar-refractivity contribution >= 4 is 17.1 Å². The third kappa shape index (κ3) is 2.09. The zero-order valence-corrected chi connectivity index (χ0v) is 9.61. The SMILES string of the molecule is Nc1cncc(Nc2ccc3c(c2)CCC3)c1. The molecule has 3 rings (SSSR count). The van der Waals surface area contributed by atoms with E-state index in [9.17, 15) is 0 Å². The average Bonchev–Trinajstić information content (AvgIpc) is 2.76. The summed E-state index contributed by atoms with van der Waals surface area (Å²) in [5.41, 5.74) is 11.4. The fourth-order valence-electron chi connectivity index (χ4n) is 2.34. The van der Waals surface area contributed by atoms with Gasteiger partial charge in [0.05, 0.1) is 17.6 Å². The number of nitrogens with two attached hydrogens (primary N) is 1. The molecule has 17 heavy (non-hydrogen) atoms. The van der Waals surface area contributed by atoms with Crippen LogP contribution in [0.3, 0.4) is 0 Å². The van der Waals surface area contributed by atoms with E-state index in [0.29, 0.717) is 5.69 Å². The molecule has 0 bridgehead atoms. The molecule has 1 aromatic carbocycles. The predicted octanol–water partition coefficient (Wildman–Crippen LogP) is 2.90. The molecule has 0 saturated carbocycles. The van der Waals surface area contributed by atoms with Crippen molar-refractivity contribution in [3.63, 3.8) is 0 Å². The van der Waals surface area contributed by atoms with Crippen molar-refractivity contribution in [1.29, 1.82) is 0 Å². The number of nitrogens with one attached hydrogen (secondary N) is 1. The van der Waals surface area contributed by atoms with Crippen LogP contribution in [-0.4, -0.2) is 4.98 Å². The van der Waals surface area contributed by atoms with Gasteiger partial charge in [-0.15, -0.1) is 0 Å². The first kappa shape index (κ1) is 10.1. The average molecular weight is 225 g/mol. The summed E-state index contributed by atoms with van der Waals surface area (Å²) in [5.74, 6) is 0. The minimum Gasteiger partial charge on any atom is -0.397 e. The zero-order valence-electron chi connectivity index (χ0n) is 9.61. The number of fused-ring (bicyclic) bond motifs is 1. The van der Waals surface area contributed by atoms with E-state index in [4.69, 9.17) is 5.73 Å². The fraction of sp³-hybridized carbons (Fsp3) is 0.214. The lowest BCUT2D eigenvalue weighted by molar-refractivity contribution is 0.912. The molecule has 0 aliphatic heterocycles. The normalized spacial score (nSPS) is 13.4. The van der Waals surface area contributed by atoms with Crippen molar-refractivity contribution in [1.82, 2.24) is 4.98 Å². The first-order valence-corrected chi connectivity index (χ1v) is 5.90. The van der Waals surface area contributed by atoms with Crippen LogP contribution in [0.1, 0.15) is 17.5 Å². The monoisotopic (exact) mass is 225 g/mol. The van der Waals surface area contributed by atoms with E-state index in [1.54, 1.807) is 12.4 Å². The van der Waals surface area contributed by atoms with Gasteiger partial charge in [-0.3, -0.25) is 4.98 Å². The van der Waals surface area contributed by atoms with Crippen molar-refractivity contribution in [2.24, 2.45) is 0 Å². The zero-order chi connectivity index (χ0) is 11.7. The van der Waals surface area contributed by atoms with E-state index in [2.05, 4.69) is 28.5 Å². The van der Waals surface area contributed by atoms with Crippen LogP contribution in [0.4, 0.5) is 17.1 Å². The maximum absolute atomic E-state index is 5.70. The summed E-state index contributed by atoms with van der Waals surface area (Å²) in [5, 5.41) is 3.33. The Balaban J connectivity index is 1.86. The van der Waals surface area contributed by atoms with Gasteiger partial charge in [-0.1, -0.05) is 6.07 Å². The van der Waals surface area contributed by atoms with E-state index in [1.165, 1.54) is 30.4 Å². The molecule has 1 aromatic heterocycles. The number of nitrogen functional groups attached to an aromatic ring is 1. The number of nitrogens with zero attached hydrogens (tertiary/aromatic N) is 1. The fourth-order valence-corrected chi connectivity index (χ4v) is 2.34. The third-order valence-corrected chi connectivity index (χ3v) is 3.15. The Morgan fingerprint density at radius 3 is 2.76 bits per heavy atom. The highest BCUT2D eigenvalue weighted by molar-refractivity contribution is 5.63. The van der Waals surface area contributed by atoms with E-state index in [0.717, 1.165) is 11.4 Å². The summed E-state index contributed by atoms with van der Waals surface area (Å²) in [6, 6.07) is 8.45. The topological polar surface area (TPSA) is 50.9 Å². The predicted molar refractivity (Wildman–Crippen MR) is 70.4 cm³/mol. The molecule has 1 aliphatic carbocycles. The summed E-state index contributed by atoms with van der Waals surface area (Å²) in [4.78, 5) is 4.07. The van der Waals surface area contributed by atoms with E-state index in [-0.39, 0.29) is 0 Å². The van der Waals surface area contributed by atoms with Gasteiger partial charge < -0.3 is 11.1 Å². The molecule has 0 atom stereocenters. The van der Waals surface area contributed by atoms with Crippen molar-refractivity contribution in [3.8, 4) is 0 Å². The van der Waals surface area contributed by atoms with Crippen LogP contribution in [0.5, 0.6) is 0 Å². The minimum atomic E-state index is 0.677. The van der Waals surface area contributed by atoms with Crippen LogP contribution >= 0.6 is 0 Å². The molecule has 2 aromatic rings. The van der Waals surface area contributed by atoms with Crippen molar-refractivity contribution in [2.75, 3.05) is 11.1 Å². The van der Waals surface area contributed by atoms with E-state index in [1.807, 2.05) is 6.07 Å². The van der Waals surface area contributed by atoms with Gasteiger partial charge in [0.2, 0.25) is 0 Å². The summed E-state index contributed by atoms with van der Waals surface area (Å²) in [6.45, 7) is 0. The molecule has 86 valence electrons. The maximum atomic E-state index is 5.70. The van der Waals surface area contributed by atoms with Crippen LogP contribution in [0.15, 0.2) is 36.7 Å². The van der Waals surface area contributed by atoms with Crippen molar-refractivity contribution in [2.45, 2.75) is 19.3 Å². The Bertz CT molecular complexity index is 549. The highest BCUT2D eigenvalue weighted by Gasteiger charge is 2.10. The first-order valence-electron chi connectivity index (χ1n) is 5.90. The van der Waals surface area contributed by atoms with E-state index >= 15 is 0 Å². The lowest BCUT2D eigenvalue weighted by Gasteiger charge is -2.08. The number of rotatable bonds is 2. The molecule has 3 heteroatoms. The molecule has 1 heterocycles. The minimum absolute atomic E-state index is 0.677. The molecular weight excluding hydrogens is 210 g/mol. The summed E-state index contributed by atoms with van der Waals surface area (Å²) in [6.07, 6.45) is 7.12. The summed E-state index contributed by atoms with van der Waals surface area (Å²) >= 11 is 0. The van der Waals surface area contributed by atoms with Crippen LogP contribution in [0.2, 0.25) is 0 Å². The maximum Gasteiger partial charge on any atom is 0.0591 e. The van der Waals surface area contributed by atoms with Gasteiger partial charge in [-0.25, -0.2) is 0 Å². The Morgan fingerprint density at radius 2 is 1.88 bits per heavy atom. The molecule has 0 saturated heterocycles. The number of anilines is 3. The molecule has 0 amide bonds. The second kappa shape index (κ2) is 4.09. The van der Waals surface area contributed by atoms with Crippen LogP contribution in [0, 0.1) is 0 Å². The number of benzene rings is 1. The molecule has 0 radical (unpaired) electrons. The van der Waals surface area contributed by atoms with Gasteiger partial charge in [0, 0.05) is 11.9 Å². The number of hydrogen-bond donors (Lipinski definition) is 2. The standard InChI is InChI=1S/C14H15N3/c15-12-7-14(9-16-8-12)17-13-5-4-10-2-1-3-11(10)6-13/h4-9,17H,1-3,15H2. The van der Waals surface area contributed by atoms with Gasteiger partial charge in [0.1, 0.15) is 0 Å². The molecule has 3 N–H and O–H groups in total. The number of hydrogen-bond acceptors (Lipinski definition) is 3. The molecule has 1 aliphatic rings. The van der Waals surface area contributed by atoms with Gasteiger partial charge in [0.15, 0.2) is 0 Å². The molecule has 0 fully saturated rings. The lowest BCUT2D eigenvalue weighted by atomic mass is 10.1. The summed E-state index contributed by atoms with van der Waals surface area (Å²) < 4.78 is 0. The molecule has 0 unspecified atom stereocenters. The molecule has 0 spiro atoms. The van der Waals surface area contributed by atoms with Crippen LogP contribution in [-0.2, 0) is 12.8 Å². The lowest BCUT2D eigenvalue weighted by Crippen LogP contribution is -1.94. The van der Waals surface area contributed by atoms with Crippen LogP contribution in [0.25, 0.3) is 0 Å². The number of aromatic nitrogens is 1. The molecule has 3 nitrogen and oxygen atoms in total. The first-order chi connectivity index (χ1) is 8.31. The Labute approximate surface area is 101 Å². The highest BCUT2D eigenvalue weighted by Crippen LogP contribution is 2.26. The third-order valence-electron chi connectivity index (χ3n) is 3.15. The summed E-state index contributed by atoms with van der Waals surface area (Å²) in [7, 11) is 0. The van der Waals surface area contributed by atoms with Gasteiger partial charge in [-0.2, -0.15) is 0 Å². The number of aryl methyl sites for hydroxylation is 2. The number of pyridine rings is 1. The Hall–Kier alpha value is -2.03. The second-order valence-electron chi connectivity index (χ2n) is 4.47. The van der Waals surface area contributed by atoms with Crippen molar-refractivity contribution < 1.29 is 0 Å². The quantitative estimate of drug-likeness (QED) is 0.826. The van der Waals surface area contributed by atoms with Crippen molar-refractivity contribution in [3.05, 3.63) is 47.8 Å². The van der Waals surface area contributed by atoms with Gasteiger partial charge >= 0.3 is 0 Å². The second-order valence-corrected chi connectivity index (χ2v) is 4.47. The van der Waals surface area contributed by atoms with Crippen LogP contribution < -0.4 is 11.1 Å². The van der Waals surface area contributed by atoms with Gasteiger partial charge in [-0.05, 0) is 48.6 Å². The largest absolute Gasteiger partial charge is 0.397 e. The highest BCUT2D eigenvalue weighted by atomic mass is 14.9.